The first-order valence-electron chi connectivity index (χ1n) is 5.73. The van der Waals surface area contributed by atoms with Gasteiger partial charge in [0.1, 0.15) is 11.5 Å². The normalized spacial score (nSPS) is 10.8. The van der Waals surface area contributed by atoms with E-state index < -0.39 is 0 Å². The number of aromatic nitrogens is 3. The molecule has 6 heteroatoms. The molecule has 0 spiro atoms. The van der Waals surface area contributed by atoms with Crippen LogP contribution in [0.25, 0.3) is 10.9 Å². The average Bonchev–Trinajstić information content (AvgIpc) is 3.02. The lowest BCUT2D eigenvalue weighted by Crippen LogP contribution is -2.11. The fourth-order valence-electron chi connectivity index (χ4n) is 1.97. The van der Waals surface area contributed by atoms with Crippen LogP contribution in [-0.2, 0) is 0 Å². The molecule has 3 rings (SSSR count). The Labute approximate surface area is 107 Å². The van der Waals surface area contributed by atoms with Gasteiger partial charge in [-0.05, 0) is 24.6 Å². The number of carbonyl (C=O) groups excluding carboxylic acids is 1. The number of aryl methyl sites for hydroxylation is 1. The highest BCUT2D eigenvalue weighted by atomic mass is 19.1. The number of amides is 1. The lowest BCUT2D eigenvalue weighted by Gasteiger charge is -1.98. The van der Waals surface area contributed by atoms with Gasteiger partial charge in [-0.25, -0.2) is 4.39 Å². The molecule has 0 aliphatic heterocycles. The summed E-state index contributed by atoms with van der Waals surface area (Å²) < 4.78 is 13.6. The molecular formula is C13H11FN4O. The predicted octanol–water partition coefficient (Wildman–Crippen LogP) is 2.59. The number of carbonyl (C=O) groups is 1. The third-order valence-electron chi connectivity index (χ3n) is 2.96. The number of halogens is 1. The van der Waals surface area contributed by atoms with Crippen molar-refractivity contribution in [3.63, 3.8) is 0 Å². The molecule has 0 aliphatic carbocycles. The van der Waals surface area contributed by atoms with Gasteiger partial charge in [-0.2, -0.15) is 5.10 Å². The predicted molar refractivity (Wildman–Crippen MR) is 69.5 cm³/mol. The summed E-state index contributed by atoms with van der Waals surface area (Å²) in [5, 5.41) is 9.68. The van der Waals surface area contributed by atoms with Gasteiger partial charge in [0.25, 0.3) is 5.91 Å². The van der Waals surface area contributed by atoms with Gasteiger partial charge < -0.3 is 10.3 Å². The van der Waals surface area contributed by atoms with Crippen molar-refractivity contribution in [3.8, 4) is 0 Å². The maximum Gasteiger partial charge on any atom is 0.272 e. The van der Waals surface area contributed by atoms with E-state index in [-0.39, 0.29) is 11.7 Å². The number of hydrogen-bond acceptors (Lipinski definition) is 2. The molecule has 96 valence electrons. The van der Waals surface area contributed by atoms with Crippen molar-refractivity contribution in [2.24, 2.45) is 0 Å². The van der Waals surface area contributed by atoms with Crippen LogP contribution in [0.4, 0.5) is 10.1 Å². The summed E-state index contributed by atoms with van der Waals surface area (Å²) in [7, 11) is 0. The molecule has 5 nitrogen and oxygen atoms in total. The van der Waals surface area contributed by atoms with Gasteiger partial charge >= 0.3 is 0 Å². The Morgan fingerprint density at radius 3 is 2.95 bits per heavy atom. The van der Waals surface area contributed by atoms with E-state index in [1.165, 1.54) is 12.3 Å². The number of fused-ring (bicyclic) bond motifs is 1. The maximum absolute atomic E-state index is 13.6. The monoisotopic (exact) mass is 258 g/mol. The number of nitrogens with one attached hydrogen (secondary N) is 3. The van der Waals surface area contributed by atoms with Gasteiger partial charge in [-0.3, -0.25) is 9.89 Å². The molecule has 1 aromatic carbocycles. The second-order valence-electron chi connectivity index (χ2n) is 4.28. The SMILES string of the molecule is Cc1ccc(F)c2[nH]c(C(=O)Nc3cn[nH]c3)cc12. The molecule has 0 bridgehead atoms. The Bertz CT molecular complexity index is 706. The van der Waals surface area contributed by atoms with Crippen LogP contribution in [0.3, 0.4) is 0 Å². The first kappa shape index (κ1) is 11.5. The highest BCUT2D eigenvalue weighted by Crippen LogP contribution is 2.22. The van der Waals surface area contributed by atoms with E-state index in [2.05, 4.69) is 20.5 Å². The quantitative estimate of drug-likeness (QED) is 0.661. The van der Waals surface area contributed by atoms with Crippen molar-refractivity contribution in [1.82, 2.24) is 15.2 Å². The first-order valence-corrected chi connectivity index (χ1v) is 5.73. The van der Waals surface area contributed by atoms with E-state index in [9.17, 15) is 9.18 Å². The van der Waals surface area contributed by atoms with Crippen LogP contribution >= 0.6 is 0 Å². The van der Waals surface area contributed by atoms with Crippen LogP contribution in [0.5, 0.6) is 0 Å². The second kappa shape index (κ2) is 4.24. The highest BCUT2D eigenvalue weighted by molar-refractivity contribution is 6.06. The molecular weight excluding hydrogens is 247 g/mol. The van der Waals surface area contributed by atoms with Gasteiger partial charge in [0.15, 0.2) is 0 Å². The number of nitrogens with zero attached hydrogens (tertiary/aromatic N) is 1. The Balaban J connectivity index is 1.99. The zero-order valence-electron chi connectivity index (χ0n) is 10.1. The standard InChI is InChI=1S/C13H11FN4O/c1-7-2-3-10(14)12-9(7)4-11(18-12)13(19)17-8-5-15-16-6-8/h2-6,18H,1H3,(H,15,16)(H,17,19). The highest BCUT2D eigenvalue weighted by Gasteiger charge is 2.13. The maximum atomic E-state index is 13.6. The largest absolute Gasteiger partial charge is 0.348 e. The van der Waals surface area contributed by atoms with Gasteiger partial charge in [0, 0.05) is 11.6 Å². The van der Waals surface area contributed by atoms with E-state index in [1.807, 2.05) is 6.92 Å². The summed E-state index contributed by atoms with van der Waals surface area (Å²) in [5.74, 6) is -0.709. The zero-order valence-corrected chi connectivity index (χ0v) is 10.1. The number of hydrogen-bond donors (Lipinski definition) is 3. The molecule has 0 aliphatic rings. The van der Waals surface area contributed by atoms with Gasteiger partial charge in [-0.1, -0.05) is 6.07 Å². The molecule has 0 unspecified atom stereocenters. The van der Waals surface area contributed by atoms with Crippen LogP contribution in [0, 0.1) is 12.7 Å². The number of aromatic amines is 2. The average molecular weight is 258 g/mol. The van der Waals surface area contributed by atoms with E-state index in [4.69, 9.17) is 0 Å². The molecule has 19 heavy (non-hydrogen) atoms. The lowest BCUT2D eigenvalue weighted by atomic mass is 10.1. The number of benzene rings is 1. The minimum absolute atomic E-state index is 0.310. The minimum Gasteiger partial charge on any atom is -0.348 e. The van der Waals surface area contributed by atoms with Gasteiger partial charge in [-0.15, -0.1) is 0 Å². The zero-order chi connectivity index (χ0) is 13.4. The van der Waals surface area contributed by atoms with Gasteiger partial charge in [0.2, 0.25) is 0 Å². The lowest BCUT2D eigenvalue weighted by molar-refractivity contribution is 0.102. The number of anilines is 1. The van der Waals surface area contributed by atoms with Crippen molar-refractivity contribution < 1.29 is 9.18 Å². The first-order chi connectivity index (χ1) is 9.15. The molecule has 0 fully saturated rings. The van der Waals surface area contributed by atoms with E-state index in [0.29, 0.717) is 22.3 Å². The van der Waals surface area contributed by atoms with Crippen molar-refractivity contribution in [1.29, 1.82) is 0 Å². The van der Waals surface area contributed by atoms with Crippen LogP contribution in [0.2, 0.25) is 0 Å². The molecule has 0 saturated carbocycles. The van der Waals surface area contributed by atoms with Crippen molar-refractivity contribution in [2.75, 3.05) is 5.32 Å². The summed E-state index contributed by atoms with van der Waals surface area (Å²) in [6.07, 6.45) is 3.05. The van der Waals surface area contributed by atoms with E-state index in [0.717, 1.165) is 5.56 Å². The summed E-state index contributed by atoms with van der Waals surface area (Å²) in [6.45, 7) is 1.87. The van der Waals surface area contributed by atoms with E-state index >= 15 is 0 Å². The molecule has 0 atom stereocenters. The molecule has 2 heterocycles. The summed E-state index contributed by atoms with van der Waals surface area (Å²) in [4.78, 5) is 14.8. The smallest absolute Gasteiger partial charge is 0.272 e. The van der Waals surface area contributed by atoms with Crippen molar-refractivity contribution in [3.05, 3.63) is 47.7 Å². The third kappa shape index (κ3) is 1.97. The van der Waals surface area contributed by atoms with Crippen LogP contribution in [0.15, 0.2) is 30.6 Å². The summed E-state index contributed by atoms with van der Waals surface area (Å²) in [6, 6.07) is 4.71. The summed E-state index contributed by atoms with van der Waals surface area (Å²) in [5.41, 5.74) is 2.12. The Kier molecular flexibility index (Phi) is 2.56. The molecule has 2 aromatic heterocycles. The fourth-order valence-corrected chi connectivity index (χ4v) is 1.97. The van der Waals surface area contributed by atoms with Crippen molar-refractivity contribution >= 4 is 22.5 Å². The molecule has 0 radical (unpaired) electrons. The van der Waals surface area contributed by atoms with E-state index in [1.54, 1.807) is 18.3 Å². The van der Waals surface area contributed by atoms with Gasteiger partial charge in [0.05, 0.1) is 17.4 Å². The summed E-state index contributed by atoms with van der Waals surface area (Å²) >= 11 is 0. The molecule has 0 saturated heterocycles. The second-order valence-corrected chi connectivity index (χ2v) is 4.28. The third-order valence-corrected chi connectivity index (χ3v) is 2.96. The molecule has 3 N–H and O–H groups in total. The van der Waals surface area contributed by atoms with Crippen LogP contribution < -0.4 is 5.32 Å². The Morgan fingerprint density at radius 2 is 2.26 bits per heavy atom. The number of rotatable bonds is 2. The minimum atomic E-state index is -0.372. The number of H-pyrrole nitrogens is 2. The molecule has 1 amide bonds. The van der Waals surface area contributed by atoms with Crippen molar-refractivity contribution in [2.45, 2.75) is 6.92 Å². The van der Waals surface area contributed by atoms with Crippen LogP contribution in [0.1, 0.15) is 16.1 Å². The molecule has 3 aromatic rings. The Hall–Kier alpha value is -2.63. The Morgan fingerprint density at radius 1 is 1.42 bits per heavy atom. The fraction of sp³-hybridized carbons (Fsp3) is 0.0769. The topological polar surface area (TPSA) is 73.6 Å². The van der Waals surface area contributed by atoms with Crippen LogP contribution in [-0.4, -0.2) is 21.1 Å².